The van der Waals surface area contributed by atoms with Gasteiger partial charge in [-0.3, -0.25) is 0 Å². The molecule has 0 bridgehead atoms. The van der Waals surface area contributed by atoms with Crippen molar-refractivity contribution in [1.82, 2.24) is 4.90 Å². The zero-order valence-electron chi connectivity index (χ0n) is 8.66. The molecule has 1 atom stereocenters. The SMILES string of the molecule is COC(=O)N1CCC2(CC1)CC2CN. The third kappa shape index (κ3) is 1.47. The molecular formula is C10H18N2O2. The van der Waals surface area contributed by atoms with Gasteiger partial charge in [0.1, 0.15) is 0 Å². The lowest BCUT2D eigenvalue weighted by Gasteiger charge is -2.31. The fourth-order valence-corrected chi connectivity index (χ4v) is 2.64. The summed E-state index contributed by atoms with van der Waals surface area (Å²) in [6, 6.07) is 0. The van der Waals surface area contributed by atoms with Crippen molar-refractivity contribution in [1.29, 1.82) is 0 Å². The van der Waals surface area contributed by atoms with Gasteiger partial charge in [-0.2, -0.15) is 0 Å². The van der Waals surface area contributed by atoms with Gasteiger partial charge in [0.15, 0.2) is 0 Å². The number of carbonyl (C=O) groups excluding carboxylic acids is 1. The average molecular weight is 198 g/mol. The van der Waals surface area contributed by atoms with E-state index in [2.05, 4.69) is 0 Å². The van der Waals surface area contributed by atoms with Crippen molar-refractivity contribution in [3.8, 4) is 0 Å². The number of rotatable bonds is 1. The fourth-order valence-electron chi connectivity index (χ4n) is 2.64. The Labute approximate surface area is 84.4 Å². The summed E-state index contributed by atoms with van der Waals surface area (Å²) in [6.45, 7) is 2.48. The van der Waals surface area contributed by atoms with E-state index in [1.54, 1.807) is 4.90 Å². The standard InChI is InChI=1S/C10H18N2O2/c1-14-9(13)12-4-2-10(3-5-12)6-8(10)7-11/h8H,2-7,11H2,1H3. The molecule has 2 aliphatic rings. The lowest BCUT2D eigenvalue weighted by molar-refractivity contribution is 0.100. The van der Waals surface area contributed by atoms with Crippen LogP contribution in [-0.2, 0) is 4.74 Å². The number of methoxy groups -OCH3 is 1. The highest BCUT2D eigenvalue weighted by Crippen LogP contribution is 2.58. The number of hydrogen-bond acceptors (Lipinski definition) is 3. The molecule has 0 radical (unpaired) electrons. The number of likely N-dealkylation sites (tertiary alicyclic amines) is 1. The van der Waals surface area contributed by atoms with E-state index in [-0.39, 0.29) is 6.09 Å². The molecular weight excluding hydrogens is 180 g/mol. The lowest BCUT2D eigenvalue weighted by Crippen LogP contribution is -2.39. The maximum Gasteiger partial charge on any atom is 0.409 e. The molecule has 1 aliphatic carbocycles. The first-order valence-electron chi connectivity index (χ1n) is 5.25. The van der Waals surface area contributed by atoms with Gasteiger partial charge in [0.2, 0.25) is 0 Å². The van der Waals surface area contributed by atoms with Gasteiger partial charge in [0, 0.05) is 13.1 Å². The van der Waals surface area contributed by atoms with Gasteiger partial charge in [-0.15, -0.1) is 0 Å². The molecule has 0 aromatic heterocycles. The number of amides is 1. The molecule has 4 heteroatoms. The first-order valence-corrected chi connectivity index (χ1v) is 5.25. The highest BCUT2D eigenvalue weighted by molar-refractivity contribution is 5.67. The highest BCUT2D eigenvalue weighted by Gasteiger charge is 2.54. The van der Waals surface area contributed by atoms with E-state index in [4.69, 9.17) is 10.5 Å². The summed E-state index contributed by atoms with van der Waals surface area (Å²) in [4.78, 5) is 13.0. The van der Waals surface area contributed by atoms with E-state index >= 15 is 0 Å². The normalized spacial score (nSPS) is 29.0. The zero-order valence-corrected chi connectivity index (χ0v) is 8.66. The summed E-state index contributed by atoms with van der Waals surface area (Å²) in [6.07, 6.45) is 3.27. The van der Waals surface area contributed by atoms with Crippen LogP contribution in [0.25, 0.3) is 0 Å². The van der Waals surface area contributed by atoms with Crippen molar-refractivity contribution < 1.29 is 9.53 Å². The second-order valence-electron chi connectivity index (χ2n) is 4.46. The predicted octanol–water partition coefficient (Wildman–Crippen LogP) is 0.814. The Morgan fingerprint density at radius 3 is 2.64 bits per heavy atom. The van der Waals surface area contributed by atoms with Gasteiger partial charge in [0.25, 0.3) is 0 Å². The van der Waals surface area contributed by atoms with Crippen LogP contribution >= 0.6 is 0 Å². The summed E-state index contributed by atoms with van der Waals surface area (Å²) in [5.41, 5.74) is 6.14. The van der Waals surface area contributed by atoms with Crippen LogP contribution in [0.5, 0.6) is 0 Å². The van der Waals surface area contributed by atoms with Crippen LogP contribution in [0.2, 0.25) is 0 Å². The van der Waals surface area contributed by atoms with Crippen molar-refractivity contribution >= 4 is 6.09 Å². The van der Waals surface area contributed by atoms with Crippen LogP contribution in [0.1, 0.15) is 19.3 Å². The summed E-state index contributed by atoms with van der Waals surface area (Å²) in [5, 5.41) is 0. The maximum absolute atomic E-state index is 11.2. The molecule has 4 nitrogen and oxygen atoms in total. The smallest absolute Gasteiger partial charge is 0.409 e. The molecule has 1 spiro atoms. The Bertz CT molecular complexity index is 234. The molecule has 0 aromatic rings. The number of nitrogens with two attached hydrogens (primary N) is 1. The number of hydrogen-bond donors (Lipinski definition) is 1. The molecule has 2 N–H and O–H groups in total. The molecule has 1 amide bonds. The van der Waals surface area contributed by atoms with Crippen LogP contribution < -0.4 is 5.73 Å². The number of nitrogens with zero attached hydrogens (tertiary/aromatic N) is 1. The Hall–Kier alpha value is -0.770. The molecule has 1 heterocycles. The average Bonchev–Trinajstić information content (AvgIpc) is 2.91. The van der Waals surface area contributed by atoms with Crippen LogP contribution in [0.15, 0.2) is 0 Å². The lowest BCUT2D eigenvalue weighted by atomic mass is 9.91. The molecule has 14 heavy (non-hydrogen) atoms. The van der Waals surface area contributed by atoms with Crippen molar-refractivity contribution in [2.75, 3.05) is 26.7 Å². The molecule has 2 rings (SSSR count). The van der Waals surface area contributed by atoms with Gasteiger partial charge >= 0.3 is 6.09 Å². The zero-order chi connectivity index (χ0) is 10.2. The highest BCUT2D eigenvalue weighted by atomic mass is 16.5. The number of piperidine rings is 1. The van der Waals surface area contributed by atoms with Gasteiger partial charge in [0.05, 0.1) is 7.11 Å². The van der Waals surface area contributed by atoms with Crippen molar-refractivity contribution in [2.24, 2.45) is 17.1 Å². The third-order valence-corrected chi connectivity index (χ3v) is 3.84. The van der Waals surface area contributed by atoms with Crippen molar-refractivity contribution in [3.05, 3.63) is 0 Å². The summed E-state index contributed by atoms with van der Waals surface area (Å²) in [7, 11) is 1.44. The van der Waals surface area contributed by atoms with E-state index in [0.29, 0.717) is 11.3 Å². The summed E-state index contributed by atoms with van der Waals surface area (Å²) < 4.78 is 4.69. The molecule has 1 saturated carbocycles. The Morgan fingerprint density at radius 2 is 2.21 bits per heavy atom. The van der Waals surface area contributed by atoms with E-state index in [0.717, 1.165) is 32.5 Å². The molecule has 80 valence electrons. The number of ether oxygens (including phenoxy) is 1. The fraction of sp³-hybridized carbons (Fsp3) is 0.900. The molecule has 1 saturated heterocycles. The van der Waals surface area contributed by atoms with Crippen LogP contribution in [-0.4, -0.2) is 37.7 Å². The molecule has 2 fully saturated rings. The van der Waals surface area contributed by atoms with E-state index < -0.39 is 0 Å². The summed E-state index contributed by atoms with van der Waals surface area (Å²) >= 11 is 0. The maximum atomic E-state index is 11.2. The van der Waals surface area contributed by atoms with Gasteiger partial charge < -0.3 is 15.4 Å². The third-order valence-electron chi connectivity index (χ3n) is 3.84. The van der Waals surface area contributed by atoms with Crippen molar-refractivity contribution in [2.45, 2.75) is 19.3 Å². The van der Waals surface area contributed by atoms with Gasteiger partial charge in [-0.05, 0) is 37.1 Å². The minimum Gasteiger partial charge on any atom is -0.453 e. The monoisotopic (exact) mass is 198 g/mol. The Balaban J connectivity index is 1.84. The second kappa shape index (κ2) is 3.42. The van der Waals surface area contributed by atoms with Gasteiger partial charge in [-0.25, -0.2) is 4.79 Å². The summed E-state index contributed by atoms with van der Waals surface area (Å²) in [5.74, 6) is 0.710. The minimum absolute atomic E-state index is 0.190. The molecule has 1 aliphatic heterocycles. The van der Waals surface area contributed by atoms with Crippen molar-refractivity contribution in [3.63, 3.8) is 0 Å². The van der Waals surface area contributed by atoms with E-state index in [1.165, 1.54) is 13.5 Å². The van der Waals surface area contributed by atoms with Crippen LogP contribution in [0.3, 0.4) is 0 Å². The molecule has 1 unspecified atom stereocenters. The topological polar surface area (TPSA) is 55.6 Å². The van der Waals surface area contributed by atoms with Gasteiger partial charge in [-0.1, -0.05) is 0 Å². The molecule has 0 aromatic carbocycles. The Kier molecular flexibility index (Phi) is 2.39. The van der Waals surface area contributed by atoms with Crippen LogP contribution in [0, 0.1) is 11.3 Å². The minimum atomic E-state index is -0.190. The van der Waals surface area contributed by atoms with E-state index in [9.17, 15) is 4.79 Å². The van der Waals surface area contributed by atoms with Crippen LogP contribution in [0.4, 0.5) is 4.79 Å². The number of carbonyl (C=O) groups is 1. The largest absolute Gasteiger partial charge is 0.453 e. The van der Waals surface area contributed by atoms with E-state index in [1.807, 2.05) is 0 Å². The first-order chi connectivity index (χ1) is 6.72. The predicted molar refractivity (Wildman–Crippen MR) is 52.8 cm³/mol. The quantitative estimate of drug-likeness (QED) is 0.678. The first kappa shape index (κ1) is 9.77. The Morgan fingerprint density at radius 1 is 1.57 bits per heavy atom. The second-order valence-corrected chi connectivity index (χ2v) is 4.46.